The summed E-state index contributed by atoms with van der Waals surface area (Å²) in [6, 6.07) is 8.21. The van der Waals surface area contributed by atoms with Crippen LogP contribution in [0.15, 0.2) is 60.7 Å². The molecule has 16 heteroatoms. The van der Waals surface area contributed by atoms with Crippen LogP contribution in [0.3, 0.4) is 0 Å². The molecule has 0 saturated heterocycles. The van der Waals surface area contributed by atoms with Crippen molar-refractivity contribution in [1.29, 1.82) is 0 Å². The average Bonchev–Trinajstić information content (AvgIpc) is 2.97. The Morgan fingerprint density at radius 2 is 1.46 bits per heavy atom. The quantitative estimate of drug-likeness (QED) is 0.252. The van der Waals surface area contributed by atoms with Crippen molar-refractivity contribution in [2.24, 2.45) is 0 Å². The highest BCUT2D eigenvalue weighted by molar-refractivity contribution is 6.31. The van der Waals surface area contributed by atoms with Crippen molar-refractivity contribution in [1.82, 2.24) is 4.90 Å². The van der Waals surface area contributed by atoms with E-state index in [9.17, 15) is 49.1 Å². The average molecular weight is 683 g/mol. The van der Waals surface area contributed by atoms with Crippen LogP contribution in [0.25, 0.3) is 0 Å². The van der Waals surface area contributed by atoms with Gasteiger partial charge >= 0.3 is 30.7 Å². The summed E-state index contributed by atoms with van der Waals surface area (Å²) in [5, 5.41) is -0.827. The Kier molecular flexibility index (Phi) is 9.76. The molecule has 6 nitrogen and oxygen atoms in total. The third-order valence-corrected chi connectivity index (χ3v) is 7.55. The van der Waals surface area contributed by atoms with Gasteiger partial charge in [-0.05, 0) is 54.8 Å². The van der Waals surface area contributed by atoms with E-state index in [1.165, 1.54) is 6.92 Å². The fourth-order valence-electron chi connectivity index (χ4n) is 5.15. The first-order valence-corrected chi connectivity index (χ1v) is 13.7. The van der Waals surface area contributed by atoms with E-state index in [-0.39, 0.29) is 30.3 Å². The smallest absolute Gasteiger partial charge is 0.417 e. The van der Waals surface area contributed by atoms with Gasteiger partial charge in [0, 0.05) is 18.2 Å². The second kappa shape index (κ2) is 12.9. The summed E-state index contributed by atoms with van der Waals surface area (Å²) >= 11 is 6.00. The third kappa shape index (κ3) is 7.62. The van der Waals surface area contributed by atoms with Crippen molar-refractivity contribution >= 4 is 29.5 Å². The molecule has 1 aliphatic heterocycles. The summed E-state index contributed by atoms with van der Waals surface area (Å²) in [6.07, 6.45) is -17.9. The number of anilines is 1. The number of hydrogen-bond donors (Lipinski definition) is 0. The summed E-state index contributed by atoms with van der Waals surface area (Å²) in [6.45, 7) is 0.295. The molecular formula is C30H24ClF9N2O4. The molecule has 0 radical (unpaired) electrons. The van der Waals surface area contributed by atoms with E-state index in [0.717, 1.165) is 23.0 Å². The van der Waals surface area contributed by atoms with Gasteiger partial charge in [0.15, 0.2) is 0 Å². The van der Waals surface area contributed by atoms with Gasteiger partial charge in [0.25, 0.3) is 0 Å². The van der Waals surface area contributed by atoms with Gasteiger partial charge in [-0.15, -0.1) is 0 Å². The Labute approximate surface area is 261 Å². The van der Waals surface area contributed by atoms with Crippen LogP contribution in [0.5, 0.6) is 0 Å². The van der Waals surface area contributed by atoms with Crippen LogP contribution in [0, 0.1) is 0 Å². The second-order valence-electron chi connectivity index (χ2n) is 10.4. The summed E-state index contributed by atoms with van der Waals surface area (Å²) in [4.78, 5) is 28.0. The number of rotatable bonds is 5. The van der Waals surface area contributed by atoms with Gasteiger partial charge in [-0.3, -0.25) is 9.80 Å². The van der Waals surface area contributed by atoms with Gasteiger partial charge in [-0.25, -0.2) is 9.59 Å². The molecule has 46 heavy (non-hydrogen) atoms. The molecule has 3 aromatic rings. The Morgan fingerprint density at radius 1 is 0.870 bits per heavy atom. The molecule has 2 amide bonds. The van der Waals surface area contributed by atoms with E-state index in [4.69, 9.17) is 21.1 Å². The molecule has 4 rings (SSSR count). The summed E-state index contributed by atoms with van der Waals surface area (Å²) in [5.74, 6) is 0. The molecule has 0 saturated carbocycles. The molecule has 1 heterocycles. The van der Waals surface area contributed by atoms with Crippen molar-refractivity contribution in [3.8, 4) is 0 Å². The highest BCUT2D eigenvalue weighted by Gasteiger charge is 2.43. The minimum atomic E-state index is -5.18. The highest BCUT2D eigenvalue weighted by Crippen LogP contribution is 2.47. The van der Waals surface area contributed by atoms with Crippen LogP contribution in [0.2, 0.25) is 5.02 Å². The zero-order chi connectivity index (χ0) is 34.2. The van der Waals surface area contributed by atoms with E-state index >= 15 is 0 Å². The normalized spacial score (nSPS) is 16.9. The summed E-state index contributed by atoms with van der Waals surface area (Å²) in [5.41, 5.74) is -5.16. The Morgan fingerprint density at radius 3 is 1.98 bits per heavy atom. The van der Waals surface area contributed by atoms with E-state index in [1.54, 1.807) is 30.3 Å². The lowest BCUT2D eigenvalue weighted by atomic mass is 9.89. The Hall–Kier alpha value is -4.14. The molecular weight excluding hydrogens is 659 g/mol. The second-order valence-corrected chi connectivity index (χ2v) is 10.8. The lowest BCUT2D eigenvalue weighted by Crippen LogP contribution is -2.47. The SMILES string of the molecule is COC(=O)N(Cc1cc(C(F)(F)F)cc(C(F)(F)F)c1)[C@H]1C[C@@H](C)N(C(=O)OCc2ccccc2)c2cc(C(F)(F)F)c(Cl)cc21. The molecule has 0 aliphatic carbocycles. The summed E-state index contributed by atoms with van der Waals surface area (Å²) < 4.78 is 133. The van der Waals surface area contributed by atoms with Gasteiger partial charge in [0.1, 0.15) is 6.61 Å². The number of nitrogens with zero attached hydrogens (tertiary/aromatic N) is 2. The number of carbonyl (C=O) groups excluding carboxylic acids is 2. The minimum absolute atomic E-state index is 0.0820. The van der Waals surface area contributed by atoms with E-state index in [0.29, 0.717) is 23.8 Å². The van der Waals surface area contributed by atoms with Gasteiger partial charge in [0.2, 0.25) is 0 Å². The van der Waals surface area contributed by atoms with E-state index in [1.807, 2.05) is 0 Å². The first kappa shape index (κ1) is 34.7. The zero-order valence-corrected chi connectivity index (χ0v) is 24.6. The number of methoxy groups -OCH3 is 1. The third-order valence-electron chi connectivity index (χ3n) is 7.23. The van der Waals surface area contributed by atoms with Gasteiger partial charge in [-0.1, -0.05) is 41.9 Å². The van der Waals surface area contributed by atoms with Gasteiger partial charge < -0.3 is 9.47 Å². The molecule has 0 N–H and O–H groups in total. The number of amides is 2. The Bertz CT molecular complexity index is 1560. The van der Waals surface area contributed by atoms with Crippen molar-refractivity contribution in [2.45, 2.75) is 57.1 Å². The zero-order valence-electron chi connectivity index (χ0n) is 23.9. The van der Waals surface area contributed by atoms with E-state index in [2.05, 4.69) is 0 Å². The predicted octanol–water partition coefficient (Wildman–Crippen LogP) is 9.64. The Balaban J connectivity index is 1.82. The molecule has 0 aromatic heterocycles. The van der Waals surface area contributed by atoms with Crippen molar-refractivity contribution in [2.75, 3.05) is 12.0 Å². The van der Waals surface area contributed by atoms with Gasteiger partial charge in [-0.2, -0.15) is 39.5 Å². The van der Waals surface area contributed by atoms with Gasteiger partial charge in [0.05, 0.1) is 40.6 Å². The fraction of sp³-hybridized carbons (Fsp3) is 0.333. The molecule has 0 unspecified atom stereocenters. The number of halogens is 10. The monoisotopic (exact) mass is 682 g/mol. The predicted molar refractivity (Wildman–Crippen MR) is 147 cm³/mol. The first-order chi connectivity index (χ1) is 21.3. The first-order valence-electron chi connectivity index (χ1n) is 13.3. The summed E-state index contributed by atoms with van der Waals surface area (Å²) in [7, 11) is 0.906. The highest BCUT2D eigenvalue weighted by atomic mass is 35.5. The standard InChI is InChI=1S/C30H24ClF9N2O4/c1-16-8-24(41(26(43)45-2)14-18-9-19(28(32,33)34)11-20(10-18)29(35,36)37)21-12-23(31)22(30(38,39)40)13-25(21)42(16)27(44)46-15-17-6-4-3-5-7-17/h3-7,9-13,16,24H,8,14-15H2,1-2H3/t16-,24+/m1/s1. The molecule has 3 aromatic carbocycles. The topological polar surface area (TPSA) is 59.1 Å². The molecule has 0 fully saturated rings. The van der Waals surface area contributed by atoms with Crippen LogP contribution in [0.4, 0.5) is 54.8 Å². The molecule has 1 aliphatic rings. The van der Waals surface area contributed by atoms with E-state index < -0.39 is 76.6 Å². The number of ether oxygens (including phenoxy) is 2. The van der Waals surface area contributed by atoms with Crippen LogP contribution >= 0.6 is 11.6 Å². The maximum absolute atomic E-state index is 13.9. The number of benzene rings is 3. The lowest BCUT2D eigenvalue weighted by Gasteiger charge is -2.43. The minimum Gasteiger partial charge on any atom is -0.453 e. The van der Waals surface area contributed by atoms with Crippen LogP contribution in [-0.4, -0.2) is 30.2 Å². The maximum atomic E-state index is 13.9. The largest absolute Gasteiger partial charge is 0.453 e. The fourth-order valence-corrected chi connectivity index (χ4v) is 5.43. The molecule has 0 spiro atoms. The molecule has 0 bridgehead atoms. The molecule has 2 atom stereocenters. The van der Waals surface area contributed by atoms with Crippen molar-refractivity contribution in [3.05, 3.63) is 99.1 Å². The number of carbonyl (C=O) groups is 2. The van der Waals surface area contributed by atoms with Crippen LogP contribution in [0.1, 0.15) is 52.8 Å². The van der Waals surface area contributed by atoms with Crippen molar-refractivity contribution in [3.63, 3.8) is 0 Å². The number of hydrogen-bond acceptors (Lipinski definition) is 4. The number of fused-ring (bicyclic) bond motifs is 1. The lowest BCUT2D eigenvalue weighted by molar-refractivity contribution is -0.143. The maximum Gasteiger partial charge on any atom is 0.417 e. The van der Waals surface area contributed by atoms with Crippen LogP contribution < -0.4 is 4.90 Å². The number of alkyl halides is 9. The molecule has 248 valence electrons. The van der Waals surface area contributed by atoms with Crippen LogP contribution in [-0.2, 0) is 41.2 Å². The van der Waals surface area contributed by atoms with Crippen molar-refractivity contribution < 1.29 is 58.6 Å².